The zero-order valence-corrected chi connectivity index (χ0v) is 11.3. The molecule has 0 aromatic carbocycles. The second kappa shape index (κ2) is 3.99. The normalized spacial score (nSPS) is 29.2. The van der Waals surface area contributed by atoms with E-state index in [1.165, 1.54) is 31.4 Å². The smallest absolute Gasteiger partial charge is 0.0837 e. The number of hydrogen-bond donors (Lipinski definition) is 1. The summed E-state index contributed by atoms with van der Waals surface area (Å²) in [4.78, 5) is 0. The summed E-state index contributed by atoms with van der Waals surface area (Å²) in [7, 11) is 0. The number of aromatic nitrogens is 2. The average Bonchev–Trinajstić information content (AvgIpc) is 2.90. The van der Waals surface area contributed by atoms with Crippen molar-refractivity contribution in [2.24, 2.45) is 5.92 Å². The maximum atomic E-state index is 6.41. The van der Waals surface area contributed by atoms with Crippen molar-refractivity contribution in [3.05, 3.63) is 16.9 Å². The Hall–Kier alpha value is -0.540. The minimum atomic E-state index is 0.109. The molecular weight excluding hydrogens is 234 g/mol. The Morgan fingerprint density at radius 1 is 1.53 bits per heavy atom. The second-order valence-electron chi connectivity index (χ2n) is 5.66. The lowest BCUT2D eigenvalue weighted by Crippen LogP contribution is -2.41. The molecule has 2 fully saturated rings. The van der Waals surface area contributed by atoms with Crippen molar-refractivity contribution in [2.45, 2.75) is 51.1 Å². The van der Waals surface area contributed by atoms with E-state index in [0.717, 1.165) is 17.5 Å². The summed E-state index contributed by atoms with van der Waals surface area (Å²) in [6.07, 6.45) is 6.91. The van der Waals surface area contributed by atoms with Gasteiger partial charge in [-0.2, -0.15) is 5.10 Å². The van der Waals surface area contributed by atoms with Gasteiger partial charge in [0.2, 0.25) is 0 Å². The van der Waals surface area contributed by atoms with Crippen LogP contribution in [0.15, 0.2) is 6.20 Å². The van der Waals surface area contributed by atoms with E-state index in [2.05, 4.69) is 28.9 Å². The highest BCUT2D eigenvalue weighted by molar-refractivity contribution is 6.31. The summed E-state index contributed by atoms with van der Waals surface area (Å²) < 4.78 is 2.11. The van der Waals surface area contributed by atoms with Gasteiger partial charge in [-0.15, -0.1) is 0 Å². The Kier molecular flexibility index (Phi) is 2.71. The minimum absolute atomic E-state index is 0.109. The van der Waals surface area contributed by atoms with Crippen molar-refractivity contribution in [1.29, 1.82) is 0 Å². The largest absolute Gasteiger partial charge is 0.306 e. The van der Waals surface area contributed by atoms with Crippen LogP contribution in [0.2, 0.25) is 5.02 Å². The van der Waals surface area contributed by atoms with Gasteiger partial charge in [-0.25, -0.2) is 0 Å². The molecule has 3 rings (SSSR count). The van der Waals surface area contributed by atoms with E-state index >= 15 is 0 Å². The van der Waals surface area contributed by atoms with Crippen LogP contribution in [0.4, 0.5) is 0 Å². The van der Waals surface area contributed by atoms with Gasteiger partial charge in [-0.3, -0.25) is 4.68 Å². The summed E-state index contributed by atoms with van der Waals surface area (Å²) in [6, 6.07) is 0.371. The van der Waals surface area contributed by atoms with Crippen LogP contribution in [0.3, 0.4) is 0 Å². The fraction of sp³-hybridized carbons (Fsp3) is 0.769. The van der Waals surface area contributed by atoms with Gasteiger partial charge in [0.05, 0.1) is 22.5 Å². The van der Waals surface area contributed by atoms with Crippen LogP contribution < -0.4 is 5.32 Å². The van der Waals surface area contributed by atoms with Crippen molar-refractivity contribution < 1.29 is 0 Å². The molecule has 1 aromatic heterocycles. The maximum absolute atomic E-state index is 6.41. The van der Waals surface area contributed by atoms with E-state index in [-0.39, 0.29) is 5.54 Å². The van der Waals surface area contributed by atoms with Crippen molar-refractivity contribution in [3.8, 4) is 0 Å². The van der Waals surface area contributed by atoms with Crippen LogP contribution in [0.5, 0.6) is 0 Å². The van der Waals surface area contributed by atoms with E-state index in [9.17, 15) is 0 Å². The third-order valence-electron chi connectivity index (χ3n) is 4.13. The van der Waals surface area contributed by atoms with Gasteiger partial charge >= 0.3 is 0 Å². The van der Waals surface area contributed by atoms with E-state index < -0.39 is 0 Å². The predicted molar refractivity (Wildman–Crippen MR) is 69.3 cm³/mol. The second-order valence-corrected chi connectivity index (χ2v) is 6.06. The Morgan fingerprint density at radius 3 is 2.82 bits per heavy atom. The molecule has 0 bridgehead atoms. The SMILES string of the molecule is CC(C)n1ncc(Cl)c1C1(C2CC2)CCCN1. The Morgan fingerprint density at radius 2 is 2.29 bits per heavy atom. The van der Waals surface area contributed by atoms with Gasteiger partial charge in [0.15, 0.2) is 0 Å². The number of halogens is 1. The summed E-state index contributed by atoms with van der Waals surface area (Å²) >= 11 is 6.41. The quantitative estimate of drug-likeness (QED) is 0.897. The molecule has 0 radical (unpaired) electrons. The molecule has 94 valence electrons. The maximum Gasteiger partial charge on any atom is 0.0837 e. The van der Waals surface area contributed by atoms with E-state index in [1.807, 2.05) is 0 Å². The molecular formula is C13H20ClN3. The zero-order chi connectivity index (χ0) is 12.0. The van der Waals surface area contributed by atoms with Crippen molar-refractivity contribution in [2.75, 3.05) is 6.54 Å². The number of rotatable bonds is 3. The fourth-order valence-electron chi connectivity index (χ4n) is 3.24. The summed E-state index contributed by atoms with van der Waals surface area (Å²) in [5.41, 5.74) is 1.34. The van der Waals surface area contributed by atoms with Gasteiger partial charge in [0.1, 0.15) is 0 Å². The van der Waals surface area contributed by atoms with E-state index in [0.29, 0.717) is 6.04 Å². The first-order valence-electron chi connectivity index (χ1n) is 6.63. The summed E-state index contributed by atoms with van der Waals surface area (Å²) in [5.74, 6) is 0.761. The molecule has 1 aromatic rings. The predicted octanol–water partition coefficient (Wildman–Crippen LogP) is 3.11. The first-order chi connectivity index (χ1) is 8.15. The molecule has 1 aliphatic heterocycles. The molecule has 2 aliphatic rings. The lowest BCUT2D eigenvalue weighted by atomic mass is 9.87. The van der Waals surface area contributed by atoms with Gasteiger partial charge in [0, 0.05) is 6.04 Å². The molecule has 0 amide bonds. The third kappa shape index (κ3) is 1.71. The van der Waals surface area contributed by atoms with Crippen molar-refractivity contribution in [3.63, 3.8) is 0 Å². The molecule has 2 heterocycles. The Labute approximate surface area is 108 Å². The van der Waals surface area contributed by atoms with Gasteiger partial charge in [-0.1, -0.05) is 11.6 Å². The molecule has 1 saturated heterocycles. The molecule has 1 N–H and O–H groups in total. The molecule has 1 unspecified atom stereocenters. The first-order valence-corrected chi connectivity index (χ1v) is 7.01. The highest BCUT2D eigenvalue weighted by Gasteiger charge is 2.51. The van der Waals surface area contributed by atoms with Gasteiger partial charge in [-0.05, 0) is 52.0 Å². The van der Waals surface area contributed by atoms with Crippen LogP contribution in [0.1, 0.15) is 51.3 Å². The number of hydrogen-bond acceptors (Lipinski definition) is 2. The summed E-state index contributed by atoms with van der Waals surface area (Å²) in [5, 5.41) is 9.02. The molecule has 1 aliphatic carbocycles. The lowest BCUT2D eigenvalue weighted by Gasteiger charge is -2.32. The summed E-state index contributed by atoms with van der Waals surface area (Å²) in [6.45, 7) is 5.45. The monoisotopic (exact) mass is 253 g/mol. The first kappa shape index (κ1) is 11.5. The third-order valence-corrected chi connectivity index (χ3v) is 4.40. The van der Waals surface area contributed by atoms with Crippen molar-refractivity contribution in [1.82, 2.24) is 15.1 Å². The highest BCUT2D eigenvalue weighted by atomic mass is 35.5. The van der Waals surface area contributed by atoms with E-state index in [1.54, 1.807) is 6.20 Å². The van der Waals surface area contributed by atoms with Gasteiger partial charge in [0.25, 0.3) is 0 Å². The van der Waals surface area contributed by atoms with Gasteiger partial charge < -0.3 is 5.32 Å². The van der Waals surface area contributed by atoms with Crippen LogP contribution in [0, 0.1) is 5.92 Å². The van der Waals surface area contributed by atoms with Crippen LogP contribution in [-0.4, -0.2) is 16.3 Å². The van der Waals surface area contributed by atoms with Crippen LogP contribution >= 0.6 is 11.6 Å². The molecule has 1 saturated carbocycles. The minimum Gasteiger partial charge on any atom is -0.306 e. The number of nitrogens with one attached hydrogen (secondary N) is 1. The van der Waals surface area contributed by atoms with Crippen molar-refractivity contribution >= 4 is 11.6 Å². The highest BCUT2D eigenvalue weighted by Crippen LogP contribution is 2.52. The molecule has 0 spiro atoms. The average molecular weight is 254 g/mol. The lowest BCUT2D eigenvalue weighted by molar-refractivity contribution is 0.299. The topological polar surface area (TPSA) is 29.9 Å². The number of nitrogens with zero attached hydrogens (tertiary/aromatic N) is 2. The van der Waals surface area contributed by atoms with Crippen LogP contribution in [-0.2, 0) is 5.54 Å². The fourth-order valence-corrected chi connectivity index (χ4v) is 3.54. The Bertz CT molecular complexity index is 414. The molecule has 1 atom stereocenters. The molecule has 3 nitrogen and oxygen atoms in total. The molecule has 4 heteroatoms. The Balaban J connectivity index is 2.09. The van der Waals surface area contributed by atoms with Crippen LogP contribution in [0.25, 0.3) is 0 Å². The zero-order valence-electron chi connectivity index (χ0n) is 10.5. The van der Waals surface area contributed by atoms with E-state index in [4.69, 9.17) is 11.6 Å². The molecule has 17 heavy (non-hydrogen) atoms. The standard InChI is InChI=1S/C13H20ClN3/c1-9(2)17-12(11(14)8-16-17)13(10-4-5-10)6-3-7-15-13/h8-10,15H,3-7H2,1-2H3.